The Kier molecular flexibility index (Phi) is 4.92. The predicted octanol–water partition coefficient (Wildman–Crippen LogP) is 4.23. The minimum absolute atomic E-state index is 0.158. The molecule has 0 saturated heterocycles. The molecular weight excluding hydrogens is 352 g/mol. The Bertz CT molecular complexity index is 844. The van der Waals surface area contributed by atoms with Gasteiger partial charge in [0.25, 0.3) is 5.91 Å². The standard InChI is InChI=1S/C19H24N2O4S/c1-10-8-13(18(23)24-5)17(26-10)20-16(22)15-12-9-11(19(2,3)4)6-7-14(12)25-21-15/h8,11H,6-7,9H2,1-5H3,(H,20,22)/t11-/m1/s1. The Balaban J connectivity index is 1.85. The van der Waals surface area contributed by atoms with Crippen LogP contribution in [-0.2, 0) is 17.6 Å². The van der Waals surface area contributed by atoms with Crippen LogP contribution in [0.1, 0.15) is 64.2 Å². The third-order valence-corrected chi connectivity index (χ3v) is 5.93. The summed E-state index contributed by atoms with van der Waals surface area (Å²) in [6.07, 6.45) is 2.60. The van der Waals surface area contributed by atoms with Crippen LogP contribution < -0.4 is 5.32 Å². The van der Waals surface area contributed by atoms with E-state index in [1.807, 2.05) is 6.92 Å². The van der Waals surface area contributed by atoms with Crippen molar-refractivity contribution in [3.63, 3.8) is 0 Å². The van der Waals surface area contributed by atoms with Gasteiger partial charge >= 0.3 is 5.97 Å². The van der Waals surface area contributed by atoms with E-state index in [1.165, 1.54) is 18.4 Å². The van der Waals surface area contributed by atoms with E-state index in [1.54, 1.807) is 6.07 Å². The van der Waals surface area contributed by atoms with Gasteiger partial charge in [-0.15, -0.1) is 11.3 Å². The fourth-order valence-electron chi connectivity index (χ4n) is 3.35. The van der Waals surface area contributed by atoms with Gasteiger partial charge in [-0.25, -0.2) is 4.79 Å². The highest BCUT2D eigenvalue weighted by molar-refractivity contribution is 7.16. The van der Waals surface area contributed by atoms with Gasteiger partial charge < -0.3 is 14.6 Å². The lowest BCUT2D eigenvalue weighted by Gasteiger charge is -2.33. The number of nitrogens with one attached hydrogen (secondary N) is 1. The summed E-state index contributed by atoms with van der Waals surface area (Å²) in [6.45, 7) is 8.52. The van der Waals surface area contributed by atoms with E-state index in [2.05, 4.69) is 31.2 Å². The molecule has 0 aliphatic heterocycles. The van der Waals surface area contributed by atoms with E-state index in [0.717, 1.165) is 35.5 Å². The van der Waals surface area contributed by atoms with E-state index < -0.39 is 5.97 Å². The first-order chi connectivity index (χ1) is 12.2. The van der Waals surface area contributed by atoms with Gasteiger partial charge in [0.2, 0.25) is 0 Å². The Morgan fingerprint density at radius 3 is 2.77 bits per heavy atom. The van der Waals surface area contributed by atoms with Crippen molar-refractivity contribution in [1.82, 2.24) is 5.16 Å². The summed E-state index contributed by atoms with van der Waals surface area (Å²) in [6, 6.07) is 1.71. The number of hydrogen-bond acceptors (Lipinski definition) is 6. The molecule has 1 aliphatic rings. The minimum Gasteiger partial charge on any atom is -0.465 e. The molecule has 0 unspecified atom stereocenters. The van der Waals surface area contributed by atoms with E-state index in [0.29, 0.717) is 22.2 Å². The number of ether oxygens (including phenoxy) is 1. The molecule has 0 spiro atoms. The molecule has 0 aromatic carbocycles. The van der Waals surface area contributed by atoms with Gasteiger partial charge in [0.15, 0.2) is 5.69 Å². The summed E-state index contributed by atoms with van der Waals surface area (Å²) in [4.78, 5) is 25.6. The normalized spacial score (nSPS) is 16.9. The number of esters is 1. The first kappa shape index (κ1) is 18.6. The number of carbonyl (C=O) groups excluding carboxylic acids is 2. The Hall–Kier alpha value is -2.15. The molecule has 0 bridgehead atoms. The third kappa shape index (κ3) is 3.53. The third-order valence-electron chi connectivity index (χ3n) is 4.97. The lowest BCUT2D eigenvalue weighted by atomic mass is 9.71. The van der Waals surface area contributed by atoms with E-state index in [9.17, 15) is 9.59 Å². The topological polar surface area (TPSA) is 81.4 Å². The summed E-state index contributed by atoms with van der Waals surface area (Å²) in [5, 5.41) is 7.29. The van der Waals surface area contributed by atoms with Crippen molar-refractivity contribution in [3.8, 4) is 0 Å². The van der Waals surface area contributed by atoms with Crippen molar-refractivity contribution >= 4 is 28.2 Å². The van der Waals surface area contributed by atoms with Gasteiger partial charge in [-0.1, -0.05) is 25.9 Å². The predicted molar refractivity (Wildman–Crippen MR) is 99.8 cm³/mol. The number of rotatable bonds is 3. The summed E-state index contributed by atoms with van der Waals surface area (Å²) in [7, 11) is 1.32. The zero-order valence-electron chi connectivity index (χ0n) is 15.8. The van der Waals surface area contributed by atoms with Crippen molar-refractivity contribution in [2.24, 2.45) is 11.3 Å². The Morgan fingerprint density at radius 2 is 2.12 bits per heavy atom. The minimum atomic E-state index is -0.473. The lowest BCUT2D eigenvalue weighted by Crippen LogP contribution is -2.27. The number of aromatic nitrogens is 1. The highest BCUT2D eigenvalue weighted by atomic mass is 32.1. The van der Waals surface area contributed by atoms with Gasteiger partial charge in [0.05, 0.1) is 12.7 Å². The van der Waals surface area contributed by atoms with Crippen LogP contribution in [0.3, 0.4) is 0 Å². The molecule has 2 heterocycles. The zero-order valence-corrected chi connectivity index (χ0v) is 16.6. The number of aryl methyl sites for hydroxylation is 2. The second kappa shape index (κ2) is 6.87. The van der Waals surface area contributed by atoms with Crippen LogP contribution in [-0.4, -0.2) is 24.1 Å². The second-order valence-electron chi connectivity index (χ2n) is 7.78. The number of carbonyl (C=O) groups is 2. The molecule has 2 aromatic rings. The van der Waals surface area contributed by atoms with E-state index in [-0.39, 0.29) is 11.3 Å². The Labute approximate surface area is 156 Å². The average molecular weight is 376 g/mol. The summed E-state index contributed by atoms with van der Waals surface area (Å²) in [5.74, 6) is 0.443. The monoisotopic (exact) mass is 376 g/mol. The average Bonchev–Trinajstić information content (AvgIpc) is 3.16. The summed E-state index contributed by atoms with van der Waals surface area (Å²) >= 11 is 1.33. The lowest BCUT2D eigenvalue weighted by molar-refractivity contribution is 0.0602. The maximum absolute atomic E-state index is 12.8. The molecule has 0 radical (unpaired) electrons. The maximum atomic E-state index is 12.8. The summed E-state index contributed by atoms with van der Waals surface area (Å²) < 4.78 is 10.2. The molecule has 0 fully saturated rings. The first-order valence-corrected chi connectivity index (χ1v) is 9.50. The maximum Gasteiger partial charge on any atom is 0.340 e. The number of thiophene rings is 1. The number of anilines is 1. The van der Waals surface area contributed by atoms with Crippen molar-refractivity contribution in [3.05, 3.63) is 33.5 Å². The second-order valence-corrected chi connectivity index (χ2v) is 9.04. The number of hydrogen-bond donors (Lipinski definition) is 1. The van der Waals surface area contributed by atoms with E-state index >= 15 is 0 Å². The molecule has 1 amide bonds. The van der Waals surface area contributed by atoms with Crippen LogP contribution in [0, 0.1) is 18.3 Å². The highest BCUT2D eigenvalue weighted by Crippen LogP contribution is 2.38. The molecule has 1 atom stereocenters. The molecule has 140 valence electrons. The van der Waals surface area contributed by atoms with E-state index in [4.69, 9.17) is 9.26 Å². The Morgan fingerprint density at radius 1 is 1.38 bits per heavy atom. The quantitative estimate of drug-likeness (QED) is 0.811. The molecule has 1 aliphatic carbocycles. The van der Waals surface area contributed by atoms with Gasteiger partial charge in [0.1, 0.15) is 10.8 Å². The molecule has 6 nitrogen and oxygen atoms in total. The number of amides is 1. The van der Waals surface area contributed by atoms with Crippen LogP contribution in [0.25, 0.3) is 0 Å². The molecular formula is C19H24N2O4S. The van der Waals surface area contributed by atoms with Gasteiger partial charge in [-0.3, -0.25) is 4.79 Å². The number of methoxy groups -OCH3 is 1. The van der Waals surface area contributed by atoms with Gasteiger partial charge in [0, 0.05) is 16.9 Å². The first-order valence-electron chi connectivity index (χ1n) is 8.68. The van der Waals surface area contributed by atoms with Crippen molar-refractivity contribution < 1.29 is 18.8 Å². The van der Waals surface area contributed by atoms with Crippen LogP contribution in [0.2, 0.25) is 0 Å². The van der Waals surface area contributed by atoms with Crippen LogP contribution >= 0.6 is 11.3 Å². The highest BCUT2D eigenvalue weighted by Gasteiger charge is 2.34. The largest absolute Gasteiger partial charge is 0.465 e. The molecule has 7 heteroatoms. The smallest absolute Gasteiger partial charge is 0.340 e. The summed E-state index contributed by atoms with van der Waals surface area (Å²) in [5.41, 5.74) is 1.72. The van der Waals surface area contributed by atoms with Gasteiger partial charge in [-0.2, -0.15) is 0 Å². The van der Waals surface area contributed by atoms with Crippen LogP contribution in [0.15, 0.2) is 10.6 Å². The van der Waals surface area contributed by atoms with Crippen LogP contribution in [0.5, 0.6) is 0 Å². The number of fused-ring (bicyclic) bond motifs is 1. The fourth-order valence-corrected chi connectivity index (χ4v) is 4.25. The molecule has 3 rings (SSSR count). The fraction of sp³-hybridized carbons (Fsp3) is 0.526. The molecule has 1 N–H and O–H groups in total. The molecule has 2 aromatic heterocycles. The van der Waals surface area contributed by atoms with Crippen molar-refractivity contribution in [1.29, 1.82) is 0 Å². The van der Waals surface area contributed by atoms with Gasteiger partial charge in [-0.05, 0) is 37.2 Å². The number of nitrogens with zero attached hydrogens (tertiary/aromatic N) is 1. The van der Waals surface area contributed by atoms with Crippen LogP contribution in [0.4, 0.5) is 5.00 Å². The SMILES string of the molecule is COC(=O)c1cc(C)sc1NC(=O)c1noc2c1C[C@H](C(C)(C)C)CC2. The molecule has 0 saturated carbocycles. The molecule has 26 heavy (non-hydrogen) atoms. The van der Waals surface area contributed by atoms with Crippen molar-refractivity contribution in [2.75, 3.05) is 12.4 Å². The van der Waals surface area contributed by atoms with Crippen molar-refractivity contribution in [2.45, 2.75) is 47.0 Å². The zero-order chi connectivity index (χ0) is 19.1.